The molecule has 1 fully saturated rings. The van der Waals surface area contributed by atoms with Crippen LogP contribution in [0.25, 0.3) is 0 Å². The molecule has 0 aromatic heterocycles. The van der Waals surface area contributed by atoms with Gasteiger partial charge < -0.3 is 5.32 Å². The van der Waals surface area contributed by atoms with E-state index in [4.69, 9.17) is 0 Å². The molecule has 1 saturated heterocycles. The van der Waals surface area contributed by atoms with E-state index in [0.29, 0.717) is 17.7 Å². The largest absolute Gasteiger partial charge is 0.416 e. The lowest BCUT2D eigenvalue weighted by molar-refractivity contribution is -0.137. The molecular formula is C17H17F3N2O2S. The third-order valence-electron chi connectivity index (χ3n) is 4.14. The summed E-state index contributed by atoms with van der Waals surface area (Å²) in [5.74, 6) is 0.304. The van der Waals surface area contributed by atoms with Crippen LogP contribution < -0.4 is 10.0 Å². The van der Waals surface area contributed by atoms with Gasteiger partial charge in [0.25, 0.3) is 10.0 Å². The topological polar surface area (TPSA) is 58.2 Å². The lowest BCUT2D eigenvalue weighted by Crippen LogP contribution is -2.15. The van der Waals surface area contributed by atoms with Gasteiger partial charge in [-0.25, -0.2) is 8.42 Å². The highest BCUT2D eigenvalue weighted by molar-refractivity contribution is 7.92. The summed E-state index contributed by atoms with van der Waals surface area (Å²) in [6.45, 7) is 1.73. The summed E-state index contributed by atoms with van der Waals surface area (Å²) in [4.78, 5) is -0.421. The van der Waals surface area contributed by atoms with Crippen molar-refractivity contribution < 1.29 is 21.6 Å². The number of halogens is 3. The highest BCUT2D eigenvalue weighted by Crippen LogP contribution is 2.31. The molecule has 1 heterocycles. The summed E-state index contributed by atoms with van der Waals surface area (Å²) in [7, 11) is -4.10. The van der Waals surface area contributed by atoms with Gasteiger partial charge in [-0.15, -0.1) is 0 Å². The predicted molar refractivity (Wildman–Crippen MR) is 88.9 cm³/mol. The Labute approximate surface area is 144 Å². The first kappa shape index (κ1) is 17.8. The molecule has 3 rings (SSSR count). The molecule has 8 heteroatoms. The fraction of sp³-hybridized carbons (Fsp3) is 0.294. The van der Waals surface area contributed by atoms with Crippen molar-refractivity contribution in [2.45, 2.75) is 23.4 Å². The van der Waals surface area contributed by atoms with Gasteiger partial charge >= 0.3 is 6.18 Å². The van der Waals surface area contributed by atoms with Gasteiger partial charge in [0.1, 0.15) is 0 Å². The van der Waals surface area contributed by atoms with E-state index < -0.39 is 26.7 Å². The summed E-state index contributed by atoms with van der Waals surface area (Å²) in [5, 5.41) is 3.24. The van der Waals surface area contributed by atoms with Crippen LogP contribution in [0.5, 0.6) is 0 Å². The van der Waals surface area contributed by atoms with Gasteiger partial charge in [-0.05, 0) is 54.8 Å². The SMILES string of the molecule is O=S(=O)(Nc1cccc([C@@H]2CCNC2)c1)c1cccc(C(F)(F)F)c1. The lowest BCUT2D eigenvalue weighted by atomic mass is 9.98. The second kappa shape index (κ2) is 6.68. The van der Waals surface area contributed by atoms with E-state index in [-0.39, 0.29) is 0 Å². The third-order valence-corrected chi connectivity index (χ3v) is 5.52. The summed E-state index contributed by atoms with van der Waals surface area (Å²) in [5.41, 5.74) is 0.331. The van der Waals surface area contributed by atoms with Crippen molar-refractivity contribution in [3.8, 4) is 0 Å². The van der Waals surface area contributed by atoms with Crippen molar-refractivity contribution in [2.24, 2.45) is 0 Å². The maximum atomic E-state index is 12.8. The van der Waals surface area contributed by atoms with Crippen LogP contribution in [-0.2, 0) is 16.2 Å². The molecule has 2 aromatic carbocycles. The van der Waals surface area contributed by atoms with E-state index in [2.05, 4.69) is 10.0 Å². The summed E-state index contributed by atoms with van der Waals surface area (Å²) >= 11 is 0. The maximum Gasteiger partial charge on any atom is 0.416 e. The maximum absolute atomic E-state index is 12.8. The number of anilines is 1. The number of hydrogen-bond donors (Lipinski definition) is 2. The average molecular weight is 370 g/mol. The lowest BCUT2D eigenvalue weighted by Gasteiger charge is -2.13. The first-order valence-corrected chi connectivity index (χ1v) is 9.25. The first-order valence-electron chi connectivity index (χ1n) is 7.76. The molecule has 0 spiro atoms. The summed E-state index contributed by atoms with van der Waals surface area (Å²) < 4.78 is 65.6. The minimum Gasteiger partial charge on any atom is -0.316 e. The van der Waals surface area contributed by atoms with Gasteiger partial charge in [0.2, 0.25) is 0 Å². The molecule has 0 saturated carbocycles. The molecule has 0 aliphatic carbocycles. The van der Waals surface area contributed by atoms with Crippen LogP contribution in [0.4, 0.5) is 18.9 Å². The Morgan fingerprint density at radius 2 is 1.84 bits per heavy atom. The summed E-state index contributed by atoms with van der Waals surface area (Å²) in [6, 6.07) is 10.7. The molecule has 134 valence electrons. The van der Waals surface area contributed by atoms with Gasteiger partial charge in [0.15, 0.2) is 0 Å². The van der Waals surface area contributed by atoms with E-state index in [1.54, 1.807) is 18.2 Å². The molecule has 1 aliphatic heterocycles. The van der Waals surface area contributed by atoms with Gasteiger partial charge in [-0.2, -0.15) is 13.2 Å². The van der Waals surface area contributed by atoms with E-state index in [0.717, 1.165) is 43.3 Å². The van der Waals surface area contributed by atoms with Gasteiger partial charge in [0.05, 0.1) is 10.5 Å². The Kier molecular flexibility index (Phi) is 4.75. The van der Waals surface area contributed by atoms with Crippen LogP contribution in [0.3, 0.4) is 0 Å². The van der Waals surface area contributed by atoms with Crippen molar-refractivity contribution in [3.05, 3.63) is 59.7 Å². The summed E-state index contributed by atoms with van der Waals surface area (Å²) in [6.07, 6.45) is -3.63. The van der Waals surface area contributed by atoms with Gasteiger partial charge in [0, 0.05) is 12.2 Å². The van der Waals surface area contributed by atoms with Crippen LogP contribution in [0, 0.1) is 0 Å². The standard InChI is InChI=1S/C17H17F3N2O2S/c18-17(19,20)14-4-2-6-16(10-14)25(23,24)22-15-5-1-3-12(9-15)13-7-8-21-11-13/h1-6,9-10,13,21-22H,7-8,11H2/t13-/m1/s1. The van der Waals surface area contributed by atoms with Crippen LogP contribution >= 0.6 is 0 Å². The fourth-order valence-electron chi connectivity index (χ4n) is 2.85. The smallest absolute Gasteiger partial charge is 0.316 e. The Morgan fingerprint density at radius 3 is 2.52 bits per heavy atom. The van der Waals surface area contributed by atoms with E-state index >= 15 is 0 Å². The monoisotopic (exact) mass is 370 g/mol. The zero-order chi connectivity index (χ0) is 18.1. The van der Waals surface area contributed by atoms with Crippen molar-refractivity contribution in [3.63, 3.8) is 0 Å². The minimum absolute atomic E-state index is 0.304. The number of nitrogens with one attached hydrogen (secondary N) is 2. The number of alkyl halides is 3. The molecule has 0 radical (unpaired) electrons. The quantitative estimate of drug-likeness (QED) is 0.865. The Bertz CT molecular complexity index is 860. The predicted octanol–water partition coefficient (Wildman–Crippen LogP) is 3.58. The number of sulfonamides is 1. The Morgan fingerprint density at radius 1 is 1.08 bits per heavy atom. The minimum atomic E-state index is -4.60. The van der Waals surface area contributed by atoms with Gasteiger partial charge in [-0.3, -0.25) is 4.72 Å². The highest BCUT2D eigenvalue weighted by Gasteiger charge is 2.31. The van der Waals surface area contributed by atoms with Crippen LogP contribution in [0.15, 0.2) is 53.4 Å². The zero-order valence-electron chi connectivity index (χ0n) is 13.2. The number of benzene rings is 2. The number of rotatable bonds is 4. The van der Waals surface area contributed by atoms with E-state index in [1.807, 2.05) is 6.07 Å². The second-order valence-corrected chi connectivity index (χ2v) is 7.63. The van der Waals surface area contributed by atoms with Gasteiger partial charge in [-0.1, -0.05) is 18.2 Å². The fourth-order valence-corrected chi connectivity index (χ4v) is 3.94. The molecule has 4 nitrogen and oxygen atoms in total. The third kappa shape index (κ3) is 4.13. The zero-order valence-corrected chi connectivity index (χ0v) is 14.0. The second-order valence-electron chi connectivity index (χ2n) is 5.95. The first-order chi connectivity index (χ1) is 11.8. The molecule has 1 aliphatic rings. The molecule has 25 heavy (non-hydrogen) atoms. The normalized spacial score (nSPS) is 18.3. The van der Waals surface area contributed by atoms with E-state index in [9.17, 15) is 21.6 Å². The molecule has 0 amide bonds. The Hall–Kier alpha value is -2.06. The number of hydrogen-bond acceptors (Lipinski definition) is 3. The Balaban J connectivity index is 1.86. The van der Waals surface area contributed by atoms with Crippen molar-refractivity contribution in [1.29, 1.82) is 0 Å². The van der Waals surface area contributed by atoms with Crippen molar-refractivity contribution in [2.75, 3.05) is 17.8 Å². The molecule has 0 unspecified atom stereocenters. The molecular weight excluding hydrogens is 353 g/mol. The molecule has 1 atom stereocenters. The molecule has 2 N–H and O–H groups in total. The van der Waals surface area contributed by atoms with E-state index in [1.165, 1.54) is 0 Å². The van der Waals surface area contributed by atoms with Crippen molar-refractivity contribution in [1.82, 2.24) is 5.32 Å². The van der Waals surface area contributed by atoms with Crippen LogP contribution in [0.1, 0.15) is 23.5 Å². The van der Waals surface area contributed by atoms with Crippen molar-refractivity contribution >= 4 is 15.7 Å². The average Bonchev–Trinajstić information content (AvgIpc) is 3.08. The molecule has 2 aromatic rings. The van der Waals surface area contributed by atoms with Crippen LogP contribution in [0.2, 0.25) is 0 Å². The highest BCUT2D eigenvalue weighted by atomic mass is 32.2. The molecule has 0 bridgehead atoms. The van der Waals surface area contributed by atoms with Crippen LogP contribution in [-0.4, -0.2) is 21.5 Å².